The molecule has 1 saturated heterocycles. The summed E-state index contributed by atoms with van der Waals surface area (Å²) >= 11 is 2.06. The van der Waals surface area contributed by atoms with Gasteiger partial charge in [0, 0.05) is 28.8 Å². The van der Waals surface area contributed by atoms with Gasteiger partial charge in [0.15, 0.2) is 6.04 Å². The van der Waals surface area contributed by atoms with Gasteiger partial charge in [-0.25, -0.2) is 13.2 Å². The minimum Gasteiger partial charge on any atom is -0.748 e. The normalized spacial score (nSPS) is 16.4. The van der Waals surface area contributed by atoms with Crippen LogP contribution in [0.3, 0.4) is 0 Å². The summed E-state index contributed by atoms with van der Waals surface area (Å²) in [6.07, 6.45) is 10.6. The lowest BCUT2D eigenvalue weighted by Gasteiger charge is -2.43. The van der Waals surface area contributed by atoms with Crippen molar-refractivity contribution in [3.63, 3.8) is 0 Å². The minimum atomic E-state index is -3.92. The monoisotopic (exact) mass is 559 g/mol. The maximum atomic E-state index is 12.5. The van der Waals surface area contributed by atoms with Crippen LogP contribution in [0.15, 0.2) is 0 Å². The second-order valence-corrected chi connectivity index (χ2v) is 9.68. The van der Waals surface area contributed by atoms with Crippen LogP contribution in [0.2, 0.25) is 0 Å². The lowest BCUT2D eigenvalue weighted by Crippen LogP contribution is -2.62. The van der Waals surface area contributed by atoms with E-state index in [1.807, 2.05) is 6.92 Å². The van der Waals surface area contributed by atoms with Gasteiger partial charge in [0.2, 0.25) is 0 Å². The van der Waals surface area contributed by atoms with Crippen molar-refractivity contribution < 1.29 is 31.7 Å². The fraction of sp³-hybridized carbons (Fsp3) is 0.857. The highest BCUT2D eigenvalue weighted by molar-refractivity contribution is 14.1. The van der Waals surface area contributed by atoms with Crippen LogP contribution < -0.4 is 0 Å². The Morgan fingerprint density at radius 2 is 1.63 bits per heavy atom. The Labute approximate surface area is 196 Å². The number of esters is 1. The van der Waals surface area contributed by atoms with Crippen molar-refractivity contribution in [2.75, 3.05) is 45.7 Å². The van der Waals surface area contributed by atoms with Crippen molar-refractivity contribution in [2.45, 2.75) is 71.3 Å². The van der Waals surface area contributed by atoms with Crippen LogP contribution in [0.1, 0.15) is 65.2 Å². The van der Waals surface area contributed by atoms with Gasteiger partial charge in [-0.05, 0) is 23.2 Å². The predicted molar refractivity (Wildman–Crippen MR) is 126 cm³/mol. The molecule has 0 aromatic rings. The number of hydrogen-bond donors (Lipinski definition) is 0. The molecule has 1 rings (SSSR count). The molecular formula is C21H38INO6S. The Morgan fingerprint density at radius 3 is 2.13 bits per heavy atom. The molecule has 7 nitrogen and oxygen atoms in total. The first-order valence-corrected chi connectivity index (χ1v) is 13.7. The third-order valence-corrected chi connectivity index (χ3v) is 5.61. The highest BCUT2D eigenvalue weighted by Gasteiger charge is 2.40. The molecule has 1 atom stereocenters. The van der Waals surface area contributed by atoms with Gasteiger partial charge in [0.25, 0.3) is 0 Å². The summed E-state index contributed by atoms with van der Waals surface area (Å²) in [5.41, 5.74) is 0. The van der Waals surface area contributed by atoms with E-state index < -0.39 is 10.1 Å². The van der Waals surface area contributed by atoms with E-state index in [0.717, 1.165) is 25.9 Å². The van der Waals surface area contributed by atoms with Crippen molar-refractivity contribution >= 4 is 38.7 Å². The summed E-state index contributed by atoms with van der Waals surface area (Å²) in [6.45, 7) is 8.52. The summed E-state index contributed by atoms with van der Waals surface area (Å²) in [5, 5.41) is 0. The Kier molecular flexibility index (Phi) is 16.9. The van der Waals surface area contributed by atoms with E-state index in [0.29, 0.717) is 37.1 Å². The smallest absolute Gasteiger partial charge is 0.364 e. The first-order chi connectivity index (χ1) is 14.2. The number of morpholine rings is 1. The van der Waals surface area contributed by atoms with E-state index >= 15 is 0 Å². The molecule has 1 unspecified atom stereocenters. The number of ether oxygens (including phenoxy) is 2. The summed E-state index contributed by atoms with van der Waals surface area (Å²) in [4.78, 5) is 12.5. The van der Waals surface area contributed by atoms with Crippen LogP contribution in [-0.2, 0) is 24.4 Å². The fourth-order valence-corrected chi connectivity index (χ4v) is 3.50. The van der Waals surface area contributed by atoms with Crippen molar-refractivity contribution in [3.8, 4) is 9.85 Å². The zero-order valence-electron chi connectivity index (χ0n) is 18.7. The second kappa shape index (κ2) is 17.2. The molecule has 1 heterocycles. The molecule has 0 aromatic heterocycles. The third kappa shape index (κ3) is 15.4. The van der Waals surface area contributed by atoms with Crippen molar-refractivity contribution in [3.05, 3.63) is 0 Å². The molecule has 9 heteroatoms. The second-order valence-electron chi connectivity index (χ2n) is 7.73. The topological polar surface area (TPSA) is 92.7 Å². The summed E-state index contributed by atoms with van der Waals surface area (Å²) in [6, 6.07) is -0.171. The molecule has 0 radical (unpaired) electrons. The number of carbonyl (C=O) groups is 1. The van der Waals surface area contributed by atoms with Crippen molar-refractivity contribution in [2.24, 2.45) is 0 Å². The quantitative estimate of drug-likeness (QED) is 0.0909. The van der Waals surface area contributed by atoms with E-state index in [-0.39, 0.29) is 12.0 Å². The number of rotatable bonds is 12. The largest absolute Gasteiger partial charge is 0.748 e. The van der Waals surface area contributed by atoms with Gasteiger partial charge in [0.1, 0.15) is 19.6 Å². The van der Waals surface area contributed by atoms with E-state index in [4.69, 9.17) is 22.4 Å². The number of nitrogens with zero attached hydrogens (tertiary/aromatic N) is 1. The molecule has 0 saturated carbocycles. The summed E-state index contributed by atoms with van der Waals surface area (Å²) in [5.74, 6) is 3.06. The van der Waals surface area contributed by atoms with E-state index in [1.165, 1.54) is 38.5 Å². The van der Waals surface area contributed by atoms with Crippen LogP contribution >= 0.6 is 22.6 Å². The van der Waals surface area contributed by atoms with Crippen LogP contribution in [0, 0.1) is 9.85 Å². The molecule has 1 fully saturated rings. The Hall–Kier alpha value is -0.410. The van der Waals surface area contributed by atoms with Crippen LogP contribution in [0.5, 0.6) is 0 Å². The van der Waals surface area contributed by atoms with Crippen LogP contribution in [0.4, 0.5) is 0 Å². The number of carbonyl (C=O) groups excluding carboxylic acids is 1. The third-order valence-electron chi connectivity index (χ3n) is 5.23. The lowest BCUT2D eigenvalue weighted by atomic mass is 10.1. The number of hydrogen-bond acceptors (Lipinski definition) is 6. The van der Waals surface area contributed by atoms with Gasteiger partial charge in [-0.1, -0.05) is 51.9 Å². The SMILES string of the molecule is CCCCCCCCCCOC(=O)C(C)[N+]1(CC#CI)CCOCC1.CS(=O)(=O)[O-]. The van der Waals surface area contributed by atoms with Gasteiger partial charge >= 0.3 is 5.97 Å². The number of unbranched alkanes of at least 4 members (excludes halogenated alkanes) is 7. The Balaban J connectivity index is 0.00000150. The molecule has 1 aliphatic heterocycles. The van der Waals surface area contributed by atoms with Gasteiger partial charge in [0.05, 0.1) is 29.9 Å². The van der Waals surface area contributed by atoms with Gasteiger partial charge in [-0.2, -0.15) is 0 Å². The molecular weight excluding hydrogens is 521 g/mol. The lowest BCUT2D eigenvalue weighted by molar-refractivity contribution is -0.942. The first-order valence-electron chi connectivity index (χ1n) is 10.8. The molecule has 0 amide bonds. The molecule has 30 heavy (non-hydrogen) atoms. The standard InChI is InChI=1S/C20H35INO3.CH4O3S/c1-3-4-5-6-7-8-9-10-16-25-20(23)19(2)22(13-11-12-21)14-17-24-18-15-22;1-5(2,3)4/h19H,3-10,13-18H2,1-2H3;1H3,(H,2,3,4)/q+1;/p-1. The van der Waals surface area contributed by atoms with Gasteiger partial charge in [-0.15, -0.1) is 0 Å². The predicted octanol–water partition coefficient (Wildman–Crippen LogP) is 3.46. The van der Waals surface area contributed by atoms with Gasteiger partial charge < -0.3 is 14.0 Å². The maximum absolute atomic E-state index is 12.5. The number of quaternary nitrogens is 1. The van der Waals surface area contributed by atoms with Crippen molar-refractivity contribution in [1.82, 2.24) is 0 Å². The molecule has 0 aliphatic carbocycles. The molecule has 0 N–H and O–H groups in total. The molecule has 0 spiro atoms. The highest BCUT2D eigenvalue weighted by Crippen LogP contribution is 2.18. The van der Waals surface area contributed by atoms with Gasteiger partial charge in [-0.3, -0.25) is 4.48 Å². The highest BCUT2D eigenvalue weighted by atomic mass is 127. The zero-order valence-corrected chi connectivity index (χ0v) is 21.6. The van der Waals surface area contributed by atoms with E-state index in [9.17, 15) is 4.79 Å². The van der Waals surface area contributed by atoms with E-state index in [2.05, 4.69) is 39.4 Å². The first kappa shape index (κ1) is 29.6. The average Bonchev–Trinajstić information content (AvgIpc) is 2.69. The summed E-state index contributed by atoms with van der Waals surface area (Å²) < 4.78 is 41.9. The molecule has 1 aliphatic rings. The Morgan fingerprint density at radius 1 is 1.13 bits per heavy atom. The maximum Gasteiger partial charge on any atom is 0.364 e. The van der Waals surface area contributed by atoms with Crippen molar-refractivity contribution in [1.29, 1.82) is 0 Å². The molecule has 176 valence electrons. The Bertz CT molecular complexity index is 615. The average molecular weight is 560 g/mol. The van der Waals surface area contributed by atoms with Crippen LogP contribution in [0.25, 0.3) is 0 Å². The molecule has 0 bridgehead atoms. The zero-order chi connectivity index (χ0) is 22.9. The number of halogens is 1. The van der Waals surface area contributed by atoms with Crippen LogP contribution in [-0.4, -0.2) is 75.2 Å². The molecule has 0 aromatic carbocycles. The van der Waals surface area contributed by atoms with E-state index in [1.54, 1.807) is 0 Å². The fourth-order valence-electron chi connectivity index (χ4n) is 3.33. The minimum absolute atomic E-state index is 0.0832. The summed E-state index contributed by atoms with van der Waals surface area (Å²) in [7, 11) is -3.92.